The monoisotopic (exact) mass is 201 g/mol. The van der Waals surface area contributed by atoms with Crippen molar-refractivity contribution in [3.05, 3.63) is 11.6 Å². The second-order valence-electron chi connectivity index (χ2n) is 3.95. The Balaban J connectivity index is 2.82. The average molecular weight is 201 g/mol. The molecule has 6 nitrogen and oxygen atoms in total. The van der Waals surface area contributed by atoms with Crippen molar-refractivity contribution in [3.8, 4) is 0 Å². The van der Waals surface area contributed by atoms with E-state index in [-0.39, 0.29) is 0 Å². The second kappa shape index (κ2) is 3.27. The normalized spacial score (nSPS) is 34.4. The Morgan fingerprint density at radius 3 is 2.29 bits per heavy atom. The van der Waals surface area contributed by atoms with Gasteiger partial charge in [0.2, 0.25) is 0 Å². The topological polar surface area (TPSA) is 150 Å². The molecule has 0 radical (unpaired) electrons. The maximum atomic E-state index is 9.17. The van der Waals surface area contributed by atoms with Crippen LogP contribution in [0.3, 0.4) is 0 Å². The lowest BCUT2D eigenvalue weighted by molar-refractivity contribution is 0.0688. The van der Waals surface area contributed by atoms with Crippen LogP contribution in [-0.4, -0.2) is 28.6 Å². The van der Waals surface area contributed by atoms with E-state index < -0.39 is 23.5 Å². The molecule has 14 heavy (non-hydrogen) atoms. The molecule has 82 valence electrons. The average Bonchev–Trinajstić information content (AvgIpc) is 2.77. The van der Waals surface area contributed by atoms with Gasteiger partial charge in [-0.2, -0.15) is 0 Å². The highest BCUT2D eigenvalue weighted by atomic mass is 16.3. The summed E-state index contributed by atoms with van der Waals surface area (Å²) in [4.78, 5) is 0. The number of aliphatic hydroxyl groups excluding tert-OH is 1. The fourth-order valence-electron chi connectivity index (χ4n) is 1.58. The highest BCUT2D eigenvalue weighted by Gasteiger charge is 2.56. The van der Waals surface area contributed by atoms with E-state index >= 15 is 0 Å². The summed E-state index contributed by atoms with van der Waals surface area (Å²) in [7, 11) is 0. The van der Waals surface area contributed by atoms with Crippen LogP contribution in [0.15, 0.2) is 11.6 Å². The van der Waals surface area contributed by atoms with Crippen molar-refractivity contribution in [1.82, 2.24) is 0 Å². The quantitative estimate of drug-likeness (QED) is 0.215. The fraction of sp³-hybridized carbons (Fsp3) is 0.750. The number of hydrogen-bond donors (Lipinski definition) is 6. The van der Waals surface area contributed by atoms with Crippen LogP contribution in [0.4, 0.5) is 0 Å². The molecular weight excluding hydrogens is 182 g/mol. The summed E-state index contributed by atoms with van der Waals surface area (Å²) in [6, 6.07) is -0.763. The van der Waals surface area contributed by atoms with Crippen LogP contribution < -0.4 is 28.7 Å². The SMILES string of the molecule is C/C=C1/CC1(N)C(N)C(N)(N)[C@@H](N)O. The highest BCUT2D eigenvalue weighted by molar-refractivity contribution is 5.42. The zero-order valence-corrected chi connectivity index (χ0v) is 8.27. The molecule has 2 unspecified atom stereocenters. The molecule has 0 aliphatic heterocycles. The summed E-state index contributed by atoms with van der Waals surface area (Å²) < 4.78 is 0. The number of allylic oxidation sites excluding steroid dienone is 1. The van der Waals surface area contributed by atoms with Crippen molar-refractivity contribution in [2.75, 3.05) is 0 Å². The largest absolute Gasteiger partial charge is 0.375 e. The van der Waals surface area contributed by atoms with Crippen molar-refractivity contribution in [3.63, 3.8) is 0 Å². The van der Waals surface area contributed by atoms with Gasteiger partial charge < -0.3 is 33.8 Å². The first-order chi connectivity index (χ1) is 6.26. The molecule has 1 saturated carbocycles. The molecule has 0 aromatic carbocycles. The van der Waals surface area contributed by atoms with Crippen LogP contribution in [-0.2, 0) is 0 Å². The minimum Gasteiger partial charge on any atom is -0.375 e. The van der Waals surface area contributed by atoms with Gasteiger partial charge in [-0.15, -0.1) is 0 Å². The molecular formula is C8H19N5O. The van der Waals surface area contributed by atoms with Crippen LogP contribution in [0, 0.1) is 0 Å². The van der Waals surface area contributed by atoms with E-state index in [9.17, 15) is 5.11 Å². The Morgan fingerprint density at radius 1 is 1.50 bits per heavy atom. The van der Waals surface area contributed by atoms with Gasteiger partial charge >= 0.3 is 0 Å². The van der Waals surface area contributed by atoms with E-state index in [1.54, 1.807) is 0 Å². The van der Waals surface area contributed by atoms with Gasteiger partial charge in [-0.05, 0) is 13.3 Å². The summed E-state index contributed by atoms with van der Waals surface area (Å²) in [6.45, 7) is 1.87. The molecule has 1 aliphatic rings. The van der Waals surface area contributed by atoms with Gasteiger partial charge in [0.25, 0.3) is 0 Å². The summed E-state index contributed by atoms with van der Waals surface area (Å²) >= 11 is 0. The lowest BCUT2D eigenvalue weighted by atomic mass is 9.92. The molecule has 0 amide bonds. The highest BCUT2D eigenvalue weighted by Crippen LogP contribution is 2.43. The van der Waals surface area contributed by atoms with E-state index in [0.717, 1.165) is 5.57 Å². The summed E-state index contributed by atoms with van der Waals surface area (Å²) in [6.07, 6.45) is 1.13. The smallest absolute Gasteiger partial charge is 0.135 e. The van der Waals surface area contributed by atoms with Gasteiger partial charge in [0.15, 0.2) is 0 Å². The Hall–Kier alpha value is -0.500. The second-order valence-corrected chi connectivity index (χ2v) is 3.95. The lowest BCUT2D eigenvalue weighted by Gasteiger charge is -2.36. The molecule has 0 spiro atoms. The third kappa shape index (κ3) is 1.56. The summed E-state index contributed by atoms with van der Waals surface area (Å²) in [5.74, 6) is 0. The molecule has 1 rings (SSSR count). The van der Waals surface area contributed by atoms with Crippen molar-refractivity contribution in [2.45, 2.75) is 36.8 Å². The van der Waals surface area contributed by atoms with Gasteiger partial charge in [-0.3, -0.25) is 0 Å². The summed E-state index contributed by atoms with van der Waals surface area (Å²) in [5.41, 5.74) is 26.9. The predicted octanol–water partition coefficient (Wildman–Crippen LogP) is -2.75. The molecule has 0 aromatic heterocycles. The van der Waals surface area contributed by atoms with E-state index in [1.807, 2.05) is 13.0 Å². The zero-order valence-electron chi connectivity index (χ0n) is 8.27. The first kappa shape index (κ1) is 11.6. The zero-order chi connectivity index (χ0) is 11.1. The van der Waals surface area contributed by atoms with Crippen LogP contribution in [0.1, 0.15) is 13.3 Å². The molecule has 11 N–H and O–H groups in total. The minimum atomic E-state index is -1.57. The van der Waals surface area contributed by atoms with Crippen molar-refractivity contribution in [1.29, 1.82) is 0 Å². The maximum Gasteiger partial charge on any atom is 0.135 e. The van der Waals surface area contributed by atoms with Gasteiger partial charge in [-0.25, -0.2) is 0 Å². The maximum absolute atomic E-state index is 9.17. The van der Waals surface area contributed by atoms with Gasteiger partial charge in [0.05, 0.1) is 11.6 Å². The van der Waals surface area contributed by atoms with Crippen molar-refractivity contribution < 1.29 is 5.11 Å². The van der Waals surface area contributed by atoms with Crippen LogP contribution in [0.25, 0.3) is 0 Å². The molecule has 1 aliphatic carbocycles. The van der Waals surface area contributed by atoms with E-state index in [4.69, 9.17) is 28.7 Å². The fourth-order valence-corrected chi connectivity index (χ4v) is 1.58. The number of aliphatic hydroxyl groups is 1. The standard InChI is InChI=1S/C8H19N5O/c1-2-4-3-7(4,11)5(9)8(12,13)6(10)14/h2,5-6,14H,3,9-13H2,1H3/b4-2-/t5?,6-,7?/m0/s1. The first-order valence-corrected chi connectivity index (χ1v) is 4.48. The molecule has 6 heteroatoms. The third-order valence-corrected chi connectivity index (χ3v) is 2.91. The number of nitrogens with two attached hydrogens (primary N) is 5. The third-order valence-electron chi connectivity index (χ3n) is 2.91. The van der Waals surface area contributed by atoms with E-state index in [1.165, 1.54) is 0 Å². The van der Waals surface area contributed by atoms with Gasteiger partial charge in [-0.1, -0.05) is 11.6 Å². The number of rotatable bonds is 3. The van der Waals surface area contributed by atoms with Crippen LogP contribution >= 0.6 is 0 Å². The predicted molar refractivity (Wildman–Crippen MR) is 54.6 cm³/mol. The van der Waals surface area contributed by atoms with E-state index in [0.29, 0.717) is 6.42 Å². The molecule has 3 atom stereocenters. The Kier molecular flexibility index (Phi) is 2.70. The van der Waals surface area contributed by atoms with E-state index in [2.05, 4.69) is 0 Å². The summed E-state index contributed by atoms with van der Waals surface area (Å²) in [5, 5.41) is 9.17. The van der Waals surface area contributed by atoms with Gasteiger partial charge in [0, 0.05) is 0 Å². The minimum absolute atomic E-state index is 0.646. The molecule has 0 bridgehead atoms. The Bertz CT molecular complexity index is 262. The lowest BCUT2D eigenvalue weighted by Crippen LogP contribution is -2.76. The van der Waals surface area contributed by atoms with Crippen molar-refractivity contribution >= 4 is 0 Å². The Morgan fingerprint density at radius 2 is 2.00 bits per heavy atom. The number of hydrogen-bond acceptors (Lipinski definition) is 6. The Labute approximate surface area is 83.1 Å². The van der Waals surface area contributed by atoms with Crippen LogP contribution in [0.5, 0.6) is 0 Å². The van der Waals surface area contributed by atoms with Crippen LogP contribution in [0.2, 0.25) is 0 Å². The first-order valence-electron chi connectivity index (χ1n) is 4.48. The van der Waals surface area contributed by atoms with Crippen molar-refractivity contribution in [2.24, 2.45) is 28.7 Å². The molecule has 0 aromatic rings. The van der Waals surface area contributed by atoms with Gasteiger partial charge in [0.1, 0.15) is 11.9 Å². The molecule has 1 fully saturated rings. The molecule has 0 saturated heterocycles. The molecule has 0 heterocycles.